The number of nitrogens with zero attached hydrogens (tertiary/aromatic N) is 2. The molecule has 0 spiro atoms. The second-order valence-corrected chi connectivity index (χ2v) is 7.96. The van der Waals surface area contributed by atoms with E-state index >= 15 is 0 Å². The smallest absolute Gasteiger partial charge is 0.133 e. The molecule has 0 N–H and O–H groups in total. The molecule has 4 aromatic rings. The third-order valence-electron chi connectivity index (χ3n) is 4.97. The maximum absolute atomic E-state index is 5.99. The Balaban J connectivity index is 1.49. The van der Waals surface area contributed by atoms with Gasteiger partial charge < -0.3 is 9.30 Å². The van der Waals surface area contributed by atoms with Crippen LogP contribution in [0.15, 0.2) is 66.7 Å². The number of halogens is 1. The van der Waals surface area contributed by atoms with Crippen LogP contribution in [-0.2, 0) is 6.54 Å². The molecular formula is C26H25ClN2O. The molecule has 0 aliphatic rings. The van der Waals surface area contributed by atoms with Crippen molar-refractivity contribution in [1.82, 2.24) is 9.55 Å². The van der Waals surface area contributed by atoms with Crippen molar-refractivity contribution in [3.63, 3.8) is 0 Å². The molecule has 1 aromatic heterocycles. The molecule has 0 saturated carbocycles. The molecule has 4 rings (SSSR count). The summed E-state index contributed by atoms with van der Waals surface area (Å²) >= 11 is 5.99. The van der Waals surface area contributed by atoms with Crippen molar-refractivity contribution in [3.8, 4) is 5.75 Å². The molecule has 0 aliphatic carbocycles. The molecule has 0 bridgehead atoms. The first-order valence-electron chi connectivity index (χ1n) is 10.2. The number of ether oxygens (including phenoxy) is 1. The standard InChI is InChI=1S/C26H25ClN2O/c1-19-16-20(2)18-23(17-19)30-15-5-14-29-25-7-4-3-6-24(25)28-26(29)13-10-21-8-11-22(27)12-9-21/h3-4,6-13,16-18H,5,14-15H2,1-2H3/b13-10+. The highest BCUT2D eigenvalue weighted by Crippen LogP contribution is 2.20. The predicted octanol–water partition coefficient (Wildman–Crippen LogP) is 6.95. The van der Waals surface area contributed by atoms with Crippen LogP contribution in [-0.4, -0.2) is 16.2 Å². The van der Waals surface area contributed by atoms with Crippen LogP contribution < -0.4 is 4.74 Å². The zero-order chi connectivity index (χ0) is 20.9. The maximum atomic E-state index is 5.99. The molecule has 3 aromatic carbocycles. The van der Waals surface area contributed by atoms with Gasteiger partial charge in [0.05, 0.1) is 17.6 Å². The SMILES string of the molecule is Cc1cc(C)cc(OCCCn2c(/C=C/c3ccc(Cl)cc3)nc3ccccc32)c1. The van der Waals surface area contributed by atoms with Crippen molar-refractivity contribution < 1.29 is 4.74 Å². The van der Waals surface area contributed by atoms with E-state index < -0.39 is 0 Å². The summed E-state index contributed by atoms with van der Waals surface area (Å²) in [7, 11) is 0. The van der Waals surface area contributed by atoms with E-state index in [0.29, 0.717) is 6.61 Å². The lowest BCUT2D eigenvalue weighted by Gasteiger charge is -2.10. The van der Waals surface area contributed by atoms with Crippen LogP contribution in [0.3, 0.4) is 0 Å². The summed E-state index contributed by atoms with van der Waals surface area (Å²) in [6.45, 7) is 5.69. The second-order valence-electron chi connectivity index (χ2n) is 7.52. The Bertz CT molecular complexity index is 1160. The number of benzene rings is 3. The Morgan fingerprint density at radius 3 is 2.43 bits per heavy atom. The van der Waals surface area contributed by atoms with Crippen LogP contribution in [0.2, 0.25) is 5.02 Å². The molecule has 0 amide bonds. The highest BCUT2D eigenvalue weighted by atomic mass is 35.5. The monoisotopic (exact) mass is 416 g/mol. The van der Waals surface area contributed by atoms with E-state index in [1.807, 2.05) is 30.3 Å². The number of rotatable bonds is 7. The normalized spacial score (nSPS) is 11.4. The number of fused-ring (bicyclic) bond motifs is 1. The number of hydrogen-bond donors (Lipinski definition) is 0. The van der Waals surface area contributed by atoms with E-state index in [1.165, 1.54) is 11.1 Å². The van der Waals surface area contributed by atoms with Crippen LogP contribution in [0.4, 0.5) is 0 Å². The van der Waals surface area contributed by atoms with Gasteiger partial charge in [0.2, 0.25) is 0 Å². The highest BCUT2D eigenvalue weighted by Gasteiger charge is 2.08. The van der Waals surface area contributed by atoms with Crippen molar-refractivity contribution in [2.45, 2.75) is 26.8 Å². The molecular weight excluding hydrogens is 392 g/mol. The summed E-state index contributed by atoms with van der Waals surface area (Å²) in [5, 5.41) is 0.739. The lowest BCUT2D eigenvalue weighted by Crippen LogP contribution is -2.06. The summed E-state index contributed by atoms with van der Waals surface area (Å²) in [6, 6.07) is 22.4. The second kappa shape index (κ2) is 9.19. The summed E-state index contributed by atoms with van der Waals surface area (Å²) in [4.78, 5) is 4.81. The minimum atomic E-state index is 0.662. The summed E-state index contributed by atoms with van der Waals surface area (Å²) in [5.41, 5.74) is 5.68. The van der Waals surface area contributed by atoms with Gasteiger partial charge >= 0.3 is 0 Å². The summed E-state index contributed by atoms with van der Waals surface area (Å²) in [5.74, 6) is 1.88. The van der Waals surface area contributed by atoms with Gasteiger partial charge in [0.15, 0.2) is 0 Å². The van der Waals surface area contributed by atoms with E-state index in [4.69, 9.17) is 21.3 Å². The molecule has 0 unspecified atom stereocenters. The van der Waals surface area contributed by atoms with Crippen LogP contribution in [0.25, 0.3) is 23.2 Å². The Labute approximate surface area is 182 Å². The summed E-state index contributed by atoms with van der Waals surface area (Å²) in [6.07, 6.45) is 5.03. The third-order valence-corrected chi connectivity index (χ3v) is 5.22. The number of imidazole rings is 1. The average Bonchev–Trinajstić information content (AvgIpc) is 3.08. The average molecular weight is 417 g/mol. The summed E-state index contributed by atoms with van der Waals surface area (Å²) < 4.78 is 8.25. The molecule has 0 atom stereocenters. The van der Waals surface area contributed by atoms with Crippen LogP contribution >= 0.6 is 11.6 Å². The van der Waals surface area contributed by atoms with Gasteiger partial charge in [0.1, 0.15) is 11.6 Å². The Morgan fingerprint density at radius 2 is 1.67 bits per heavy atom. The topological polar surface area (TPSA) is 27.1 Å². The maximum Gasteiger partial charge on any atom is 0.133 e. The fourth-order valence-electron chi connectivity index (χ4n) is 3.63. The van der Waals surface area contributed by atoms with Gasteiger partial charge in [-0.3, -0.25) is 0 Å². The minimum Gasteiger partial charge on any atom is -0.494 e. The number of para-hydroxylation sites is 2. The van der Waals surface area contributed by atoms with Gasteiger partial charge in [-0.15, -0.1) is 0 Å². The molecule has 0 aliphatic heterocycles. The van der Waals surface area contributed by atoms with Crippen molar-refractivity contribution in [2.75, 3.05) is 6.61 Å². The lowest BCUT2D eigenvalue weighted by atomic mass is 10.1. The van der Waals surface area contributed by atoms with Gasteiger partial charge in [-0.2, -0.15) is 0 Å². The van der Waals surface area contributed by atoms with Crippen LogP contribution in [0.1, 0.15) is 28.9 Å². The molecule has 4 heteroatoms. The van der Waals surface area contributed by atoms with Gasteiger partial charge in [0.25, 0.3) is 0 Å². The van der Waals surface area contributed by atoms with Gasteiger partial charge in [-0.25, -0.2) is 4.98 Å². The first-order chi connectivity index (χ1) is 14.6. The molecule has 1 heterocycles. The molecule has 3 nitrogen and oxygen atoms in total. The molecule has 0 radical (unpaired) electrons. The van der Waals surface area contributed by atoms with Gasteiger partial charge in [0, 0.05) is 11.6 Å². The van der Waals surface area contributed by atoms with E-state index in [-0.39, 0.29) is 0 Å². The molecule has 0 saturated heterocycles. The lowest BCUT2D eigenvalue weighted by molar-refractivity contribution is 0.302. The van der Waals surface area contributed by atoms with Crippen molar-refractivity contribution in [3.05, 3.63) is 94.3 Å². The Hall–Kier alpha value is -3.04. The van der Waals surface area contributed by atoms with E-state index in [9.17, 15) is 0 Å². The third kappa shape index (κ3) is 4.92. The van der Waals surface area contributed by atoms with Crippen molar-refractivity contribution in [2.24, 2.45) is 0 Å². The largest absolute Gasteiger partial charge is 0.494 e. The number of aromatic nitrogens is 2. The quantitative estimate of drug-likeness (QED) is 0.305. The van der Waals surface area contributed by atoms with Crippen molar-refractivity contribution in [1.29, 1.82) is 0 Å². The highest BCUT2D eigenvalue weighted by molar-refractivity contribution is 6.30. The predicted molar refractivity (Wildman–Crippen MR) is 126 cm³/mol. The fraction of sp³-hybridized carbons (Fsp3) is 0.192. The Kier molecular flexibility index (Phi) is 6.20. The van der Waals surface area contributed by atoms with Crippen LogP contribution in [0.5, 0.6) is 5.75 Å². The molecule has 30 heavy (non-hydrogen) atoms. The zero-order valence-corrected chi connectivity index (χ0v) is 18.1. The number of aryl methyl sites for hydroxylation is 3. The van der Waals surface area contributed by atoms with E-state index in [2.05, 4.69) is 67.0 Å². The molecule has 152 valence electrons. The number of hydrogen-bond acceptors (Lipinski definition) is 2. The minimum absolute atomic E-state index is 0.662. The van der Waals surface area contributed by atoms with Gasteiger partial charge in [-0.1, -0.05) is 48.0 Å². The zero-order valence-electron chi connectivity index (χ0n) is 17.3. The van der Waals surface area contributed by atoms with Crippen molar-refractivity contribution >= 4 is 34.8 Å². The van der Waals surface area contributed by atoms with Gasteiger partial charge in [-0.05, 0) is 79.4 Å². The fourth-order valence-corrected chi connectivity index (χ4v) is 3.76. The first kappa shape index (κ1) is 20.2. The van der Waals surface area contributed by atoms with E-state index in [0.717, 1.165) is 46.2 Å². The first-order valence-corrected chi connectivity index (χ1v) is 10.6. The Morgan fingerprint density at radius 1 is 0.933 bits per heavy atom. The van der Waals surface area contributed by atoms with Crippen LogP contribution in [0, 0.1) is 13.8 Å². The molecule has 0 fully saturated rings. The van der Waals surface area contributed by atoms with E-state index in [1.54, 1.807) is 0 Å².